The van der Waals surface area contributed by atoms with Crippen LogP contribution in [0.15, 0.2) is 42.5 Å². The molecule has 0 fully saturated rings. The molecule has 108 valence electrons. The molecule has 2 aromatic carbocycles. The van der Waals surface area contributed by atoms with E-state index in [0.717, 1.165) is 0 Å². The van der Waals surface area contributed by atoms with E-state index in [0.29, 0.717) is 41.7 Å². The number of carbonyl (C=O) groups excluding carboxylic acids is 1. The van der Waals surface area contributed by atoms with Crippen molar-refractivity contribution < 1.29 is 19.0 Å². The summed E-state index contributed by atoms with van der Waals surface area (Å²) >= 11 is 0. The Hall–Kier alpha value is -2.69. The van der Waals surface area contributed by atoms with Crippen LogP contribution in [0.3, 0.4) is 0 Å². The van der Waals surface area contributed by atoms with Crippen molar-refractivity contribution in [3.8, 4) is 17.2 Å². The third kappa shape index (κ3) is 3.08. The van der Waals surface area contributed by atoms with Gasteiger partial charge < -0.3 is 19.9 Å². The number of nitrogens with two attached hydrogens (primary N) is 1. The van der Waals surface area contributed by atoms with Gasteiger partial charge in [-0.1, -0.05) is 0 Å². The lowest BCUT2D eigenvalue weighted by atomic mass is 10.1. The molecule has 0 radical (unpaired) electrons. The van der Waals surface area contributed by atoms with Gasteiger partial charge in [0.05, 0.1) is 0 Å². The van der Waals surface area contributed by atoms with E-state index in [1.54, 1.807) is 42.5 Å². The minimum Gasteiger partial charge on any atom is -0.486 e. The molecular weight excluding hydrogens is 270 g/mol. The highest BCUT2D eigenvalue weighted by atomic mass is 16.6. The van der Waals surface area contributed by atoms with Gasteiger partial charge in [0.2, 0.25) is 0 Å². The van der Waals surface area contributed by atoms with Gasteiger partial charge in [0.25, 0.3) is 0 Å². The van der Waals surface area contributed by atoms with Crippen LogP contribution in [-0.2, 0) is 0 Å². The fourth-order valence-corrected chi connectivity index (χ4v) is 2.01. The van der Waals surface area contributed by atoms with Crippen LogP contribution in [0.2, 0.25) is 0 Å². The molecule has 0 saturated carbocycles. The predicted molar refractivity (Wildman–Crippen MR) is 78.1 cm³/mol. The average Bonchev–Trinajstić information content (AvgIpc) is 2.53. The van der Waals surface area contributed by atoms with Crippen molar-refractivity contribution in [1.82, 2.24) is 0 Å². The molecule has 0 bridgehead atoms. The highest BCUT2D eigenvalue weighted by Gasteiger charge is 2.15. The first-order valence-electron chi connectivity index (χ1n) is 6.63. The Morgan fingerprint density at radius 2 is 1.76 bits per heavy atom. The van der Waals surface area contributed by atoms with Crippen molar-refractivity contribution in [2.45, 2.75) is 0 Å². The topological polar surface area (TPSA) is 70.8 Å². The minimum absolute atomic E-state index is 0.0381. The highest BCUT2D eigenvalue weighted by Crippen LogP contribution is 2.30. The molecule has 0 aliphatic carbocycles. The maximum Gasteiger partial charge on any atom is 0.200 e. The van der Waals surface area contributed by atoms with Gasteiger partial charge in [0, 0.05) is 11.3 Å². The summed E-state index contributed by atoms with van der Waals surface area (Å²) in [6.45, 7) is 0.983. The van der Waals surface area contributed by atoms with Gasteiger partial charge in [0.15, 0.2) is 23.9 Å². The molecule has 2 N–H and O–H groups in total. The molecule has 1 aliphatic rings. The van der Waals surface area contributed by atoms with Gasteiger partial charge >= 0.3 is 0 Å². The number of ketones is 1. The summed E-state index contributed by atoms with van der Waals surface area (Å²) in [6.07, 6.45) is 0. The lowest BCUT2D eigenvalue weighted by Crippen LogP contribution is -2.17. The summed E-state index contributed by atoms with van der Waals surface area (Å²) < 4.78 is 16.3. The normalized spacial score (nSPS) is 12.8. The Bertz CT molecular complexity index is 652. The number of anilines is 1. The molecule has 1 heterocycles. The van der Waals surface area contributed by atoms with E-state index in [-0.39, 0.29) is 12.4 Å². The van der Waals surface area contributed by atoms with Crippen molar-refractivity contribution >= 4 is 11.5 Å². The second kappa shape index (κ2) is 5.75. The van der Waals surface area contributed by atoms with Gasteiger partial charge in [-0.05, 0) is 42.5 Å². The van der Waals surface area contributed by atoms with Crippen molar-refractivity contribution in [1.29, 1.82) is 0 Å². The van der Waals surface area contributed by atoms with Crippen molar-refractivity contribution in [2.24, 2.45) is 0 Å². The standard InChI is InChI=1S/C16H15NO4/c17-12-2-4-13(5-3-12)21-10-14(18)11-1-6-15-16(9-11)20-8-7-19-15/h1-6,9H,7-8,10,17H2. The number of ether oxygens (including phenoxy) is 3. The third-order valence-corrected chi connectivity index (χ3v) is 3.11. The van der Waals surface area contributed by atoms with Crippen LogP contribution in [-0.4, -0.2) is 25.6 Å². The first-order valence-corrected chi connectivity index (χ1v) is 6.63. The van der Waals surface area contributed by atoms with Gasteiger partial charge in [-0.15, -0.1) is 0 Å². The van der Waals surface area contributed by atoms with E-state index < -0.39 is 0 Å². The summed E-state index contributed by atoms with van der Waals surface area (Å²) in [5.74, 6) is 1.75. The van der Waals surface area contributed by atoms with E-state index in [1.807, 2.05) is 0 Å². The van der Waals surface area contributed by atoms with E-state index in [9.17, 15) is 4.79 Å². The summed E-state index contributed by atoms with van der Waals surface area (Å²) in [5, 5.41) is 0. The number of benzene rings is 2. The Balaban J connectivity index is 1.66. The summed E-state index contributed by atoms with van der Waals surface area (Å²) in [6, 6.07) is 12.0. The molecule has 1 aliphatic heterocycles. The van der Waals surface area contributed by atoms with Crippen LogP contribution in [0.1, 0.15) is 10.4 Å². The molecule has 0 aromatic heterocycles. The van der Waals surface area contributed by atoms with Gasteiger partial charge in [-0.25, -0.2) is 0 Å². The Labute approximate surface area is 122 Å². The predicted octanol–water partition coefficient (Wildman–Crippen LogP) is 2.30. The number of Topliss-reactive ketones (excluding diaryl/α,β-unsaturated/α-hetero) is 1. The number of rotatable bonds is 4. The van der Waals surface area contributed by atoms with Crippen molar-refractivity contribution in [2.75, 3.05) is 25.6 Å². The van der Waals surface area contributed by atoms with E-state index in [2.05, 4.69) is 0 Å². The summed E-state index contributed by atoms with van der Waals surface area (Å²) in [7, 11) is 0. The van der Waals surface area contributed by atoms with Gasteiger partial charge in [-0.2, -0.15) is 0 Å². The molecule has 0 spiro atoms. The highest BCUT2D eigenvalue weighted by molar-refractivity contribution is 5.97. The fraction of sp³-hybridized carbons (Fsp3) is 0.188. The van der Waals surface area contributed by atoms with Gasteiger partial charge in [0.1, 0.15) is 19.0 Å². The number of fused-ring (bicyclic) bond motifs is 1. The summed E-state index contributed by atoms with van der Waals surface area (Å²) in [4.78, 5) is 12.1. The molecule has 0 unspecified atom stereocenters. The molecule has 0 amide bonds. The third-order valence-electron chi connectivity index (χ3n) is 3.11. The molecule has 0 atom stereocenters. The van der Waals surface area contributed by atoms with E-state index in [4.69, 9.17) is 19.9 Å². The number of nitrogen functional groups attached to an aromatic ring is 1. The number of carbonyl (C=O) groups is 1. The average molecular weight is 285 g/mol. The number of hydrogen-bond acceptors (Lipinski definition) is 5. The lowest BCUT2D eigenvalue weighted by Gasteiger charge is -2.18. The van der Waals surface area contributed by atoms with Crippen LogP contribution >= 0.6 is 0 Å². The van der Waals surface area contributed by atoms with Gasteiger partial charge in [-0.3, -0.25) is 4.79 Å². The zero-order valence-electron chi connectivity index (χ0n) is 11.4. The van der Waals surface area contributed by atoms with Crippen LogP contribution in [0.25, 0.3) is 0 Å². The van der Waals surface area contributed by atoms with E-state index >= 15 is 0 Å². The SMILES string of the molecule is Nc1ccc(OCC(=O)c2ccc3c(c2)OCCO3)cc1. The van der Waals surface area contributed by atoms with Crippen LogP contribution < -0.4 is 19.9 Å². The molecular formula is C16H15NO4. The Kier molecular flexibility index (Phi) is 3.64. The number of hydrogen-bond donors (Lipinski definition) is 1. The molecule has 21 heavy (non-hydrogen) atoms. The van der Waals surface area contributed by atoms with Crippen LogP contribution in [0.4, 0.5) is 5.69 Å². The van der Waals surface area contributed by atoms with Crippen molar-refractivity contribution in [3.05, 3.63) is 48.0 Å². The van der Waals surface area contributed by atoms with Crippen LogP contribution in [0, 0.1) is 0 Å². The molecule has 0 saturated heterocycles. The Morgan fingerprint density at radius 1 is 1.05 bits per heavy atom. The maximum absolute atomic E-state index is 12.1. The lowest BCUT2D eigenvalue weighted by molar-refractivity contribution is 0.0920. The molecule has 5 heteroatoms. The van der Waals surface area contributed by atoms with E-state index in [1.165, 1.54) is 0 Å². The quantitative estimate of drug-likeness (QED) is 0.689. The molecule has 2 aromatic rings. The zero-order chi connectivity index (χ0) is 14.7. The van der Waals surface area contributed by atoms with Crippen molar-refractivity contribution in [3.63, 3.8) is 0 Å². The van der Waals surface area contributed by atoms with Crippen LogP contribution in [0.5, 0.6) is 17.2 Å². The second-order valence-corrected chi connectivity index (χ2v) is 4.64. The molecule has 3 rings (SSSR count). The smallest absolute Gasteiger partial charge is 0.200 e. The largest absolute Gasteiger partial charge is 0.486 e. The summed E-state index contributed by atoms with van der Waals surface area (Å²) in [5.41, 5.74) is 6.78. The monoisotopic (exact) mass is 285 g/mol. The maximum atomic E-state index is 12.1. The zero-order valence-corrected chi connectivity index (χ0v) is 11.4. The Morgan fingerprint density at radius 3 is 2.52 bits per heavy atom. The second-order valence-electron chi connectivity index (χ2n) is 4.64. The first-order chi connectivity index (χ1) is 10.2. The fourth-order valence-electron chi connectivity index (χ4n) is 2.01. The molecule has 5 nitrogen and oxygen atoms in total. The minimum atomic E-state index is -0.121. The first kappa shape index (κ1) is 13.3.